The summed E-state index contributed by atoms with van der Waals surface area (Å²) in [5, 5.41) is 0.620. The minimum atomic E-state index is -3.64. The molecule has 2 heterocycles. The summed E-state index contributed by atoms with van der Waals surface area (Å²) < 4.78 is 40.2. The average Bonchev–Trinajstić information content (AvgIpc) is 3.43. The smallest absolute Gasteiger partial charge is 0.260 e. The number of thiazole rings is 1. The molecular weight excluding hydrogens is 560 g/mol. The van der Waals surface area contributed by atoms with Crippen LogP contribution in [-0.2, 0) is 14.8 Å². The Morgan fingerprint density at radius 3 is 2.54 bits per heavy atom. The summed E-state index contributed by atoms with van der Waals surface area (Å²) in [5.41, 5.74) is 1.25. The van der Waals surface area contributed by atoms with Crippen molar-refractivity contribution in [2.75, 3.05) is 57.9 Å². The number of amides is 1. The van der Waals surface area contributed by atoms with E-state index in [0.29, 0.717) is 23.8 Å². The van der Waals surface area contributed by atoms with E-state index in [4.69, 9.17) is 14.5 Å². The van der Waals surface area contributed by atoms with Crippen LogP contribution in [0.5, 0.6) is 5.75 Å². The van der Waals surface area contributed by atoms with Crippen LogP contribution in [0.4, 0.5) is 5.13 Å². The topological polar surface area (TPSA) is 92.3 Å². The molecule has 1 aromatic heterocycles. The Morgan fingerprint density at radius 2 is 1.83 bits per heavy atom. The Hall–Kier alpha value is -2.57. The monoisotopic (exact) mass is 600 g/mol. The number of rotatable bonds is 11. The molecule has 1 saturated heterocycles. The molecule has 2 fully saturated rings. The van der Waals surface area contributed by atoms with Gasteiger partial charge < -0.3 is 9.47 Å². The van der Waals surface area contributed by atoms with Gasteiger partial charge in [-0.2, -0.15) is 4.31 Å². The van der Waals surface area contributed by atoms with Crippen LogP contribution in [-0.4, -0.2) is 87.6 Å². The number of aromatic nitrogens is 1. The Balaban J connectivity index is 1.36. The lowest BCUT2D eigenvalue weighted by Gasteiger charge is -2.30. The number of carbonyl (C=O) groups is 1. The molecule has 1 saturated carbocycles. The third kappa shape index (κ3) is 7.09. The summed E-state index contributed by atoms with van der Waals surface area (Å²) in [6, 6.07) is 12.2. The van der Waals surface area contributed by atoms with Crippen LogP contribution < -0.4 is 9.64 Å². The first-order valence-corrected chi connectivity index (χ1v) is 16.9. The van der Waals surface area contributed by atoms with Gasteiger partial charge in [0.2, 0.25) is 10.0 Å². The standard InChI is InChI=1S/C30H40N4O5S2/c1-3-39-25-12-15-27-28(22-25)40-30(31-27)34(17-7-16-33-18-20-38-21-19-33)29(35)23-10-13-26(14-11-23)41(36,37)32(2)24-8-5-4-6-9-24/h10-15,22,24H,3-9,16-21H2,1-2H3. The van der Waals surface area contributed by atoms with Crippen LogP contribution in [0.2, 0.25) is 0 Å². The van der Waals surface area contributed by atoms with Gasteiger partial charge in [-0.15, -0.1) is 0 Å². The third-order valence-corrected chi connectivity index (χ3v) is 10.9. The van der Waals surface area contributed by atoms with Gasteiger partial charge in [0.15, 0.2) is 5.13 Å². The number of sulfonamides is 1. The van der Waals surface area contributed by atoms with Gasteiger partial charge >= 0.3 is 0 Å². The van der Waals surface area contributed by atoms with Gasteiger partial charge in [-0.05, 0) is 68.7 Å². The molecule has 2 aliphatic rings. The molecule has 9 nitrogen and oxygen atoms in total. The SMILES string of the molecule is CCOc1ccc2nc(N(CCCN3CCOCC3)C(=O)c3ccc(S(=O)(=O)N(C)C4CCCCC4)cc3)sc2c1. The van der Waals surface area contributed by atoms with Gasteiger partial charge in [-0.1, -0.05) is 30.6 Å². The number of morpholine rings is 1. The fraction of sp³-hybridized carbons (Fsp3) is 0.533. The highest BCUT2D eigenvalue weighted by molar-refractivity contribution is 7.89. The van der Waals surface area contributed by atoms with E-state index in [-0.39, 0.29) is 16.8 Å². The zero-order chi connectivity index (χ0) is 28.8. The van der Waals surface area contributed by atoms with E-state index in [9.17, 15) is 13.2 Å². The van der Waals surface area contributed by atoms with Gasteiger partial charge in [0.1, 0.15) is 5.75 Å². The Labute approximate surface area is 247 Å². The maximum atomic E-state index is 13.9. The summed E-state index contributed by atoms with van der Waals surface area (Å²) in [6.07, 6.45) is 5.83. The molecule has 222 valence electrons. The zero-order valence-corrected chi connectivity index (χ0v) is 25.6. The van der Waals surface area contributed by atoms with Gasteiger partial charge in [0.25, 0.3) is 5.91 Å². The number of fused-ring (bicyclic) bond motifs is 1. The Kier molecular flexibility index (Phi) is 9.92. The molecule has 3 aromatic rings. The molecule has 1 aliphatic heterocycles. The fourth-order valence-electron chi connectivity index (χ4n) is 5.56. The number of nitrogens with zero attached hydrogens (tertiary/aromatic N) is 4. The highest BCUT2D eigenvalue weighted by Gasteiger charge is 2.29. The lowest BCUT2D eigenvalue weighted by Crippen LogP contribution is -2.39. The number of anilines is 1. The molecule has 0 atom stereocenters. The van der Waals surface area contributed by atoms with Crippen LogP contribution in [0.15, 0.2) is 47.4 Å². The Morgan fingerprint density at radius 1 is 1.10 bits per heavy atom. The first-order valence-electron chi connectivity index (χ1n) is 14.6. The number of hydrogen-bond donors (Lipinski definition) is 0. The summed E-state index contributed by atoms with van der Waals surface area (Å²) in [6.45, 7) is 7.12. The maximum absolute atomic E-state index is 13.9. The predicted molar refractivity (Wildman–Crippen MR) is 163 cm³/mol. The molecule has 0 unspecified atom stereocenters. The van der Waals surface area contributed by atoms with Crippen molar-refractivity contribution in [1.82, 2.24) is 14.2 Å². The van der Waals surface area contributed by atoms with Crippen LogP contribution in [0, 0.1) is 0 Å². The lowest BCUT2D eigenvalue weighted by atomic mass is 9.96. The predicted octanol–water partition coefficient (Wildman–Crippen LogP) is 5.02. The normalized spacial score (nSPS) is 17.2. The van der Waals surface area contributed by atoms with E-state index in [1.54, 1.807) is 36.2 Å². The number of ether oxygens (including phenoxy) is 2. The van der Waals surface area contributed by atoms with E-state index < -0.39 is 10.0 Å². The molecular formula is C30H40N4O5S2. The van der Waals surface area contributed by atoms with Crippen LogP contribution in [0.3, 0.4) is 0 Å². The fourth-order valence-corrected chi connectivity index (χ4v) is 7.99. The second kappa shape index (κ2) is 13.6. The van der Waals surface area contributed by atoms with Crippen molar-refractivity contribution < 1.29 is 22.7 Å². The molecule has 1 aliphatic carbocycles. The molecule has 41 heavy (non-hydrogen) atoms. The largest absolute Gasteiger partial charge is 0.494 e. The van der Waals surface area contributed by atoms with Crippen molar-refractivity contribution in [2.45, 2.75) is 56.4 Å². The second-order valence-electron chi connectivity index (χ2n) is 10.7. The van der Waals surface area contributed by atoms with Crippen molar-refractivity contribution in [3.05, 3.63) is 48.0 Å². The first kappa shape index (κ1) is 29.9. The van der Waals surface area contributed by atoms with Crippen molar-refractivity contribution in [3.63, 3.8) is 0 Å². The molecule has 0 spiro atoms. The molecule has 0 radical (unpaired) electrons. The van der Waals surface area contributed by atoms with Gasteiger partial charge in [-0.3, -0.25) is 14.6 Å². The number of carbonyl (C=O) groups excluding carboxylic acids is 1. The summed E-state index contributed by atoms with van der Waals surface area (Å²) in [7, 11) is -1.96. The average molecular weight is 601 g/mol. The van der Waals surface area contributed by atoms with E-state index >= 15 is 0 Å². The van der Waals surface area contributed by atoms with Gasteiger partial charge in [0, 0.05) is 44.8 Å². The lowest BCUT2D eigenvalue weighted by molar-refractivity contribution is 0.0376. The van der Waals surface area contributed by atoms with Crippen molar-refractivity contribution >= 4 is 42.6 Å². The second-order valence-corrected chi connectivity index (χ2v) is 13.7. The molecule has 0 N–H and O–H groups in total. The summed E-state index contributed by atoms with van der Waals surface area (Å²) in [5.74, 6) is 0.580. The molecule has 0 bridgehead atoms. The molecule has 11 heteroatoms. The van der Waals surface area contributed by atoms with E-state index in [1.807, 2.05) is 25.1 Å². The first-order chi connectivity index (χ1) is 19.9. The molecule has 1 amide bonds. The van der Waals surface area contributed by atoms with Crippen LogP contribution in [0.1, 0.15) is 55.8 Å². The minimum absolute atomic E-state index is 0.0271. The summed E-state index contributed by atoms with van der Waals surface area (Å²) in [4.78, 5) is 23.0. The quantitative estimate of drug-likeness (QED) is 0.305. The summed E-state index contributed by atoms with van der Waals surface area (Å²) >= 11 is 1.46. The van der Waals surface area contributed by atoms with Crippen LogP contribution >= 0.6 is 11.3 Å². The third-order valence-electron chi connectivity index (χ3n) is 7.96. The zero-order valence-electron chi connectivity index (χ0n) is 24.0. The van der Waals surface area contributed by atoms with Crippen molar-refractivity contribution in [2.24, 2.45) is 0 Å². The maximum Gasteiger partial charge on any atom is 0.260 e. The van der Waals surface area contributed by atoms with E-state index in [1.165, 1.54) is 15.6 Å². The van der Waals surface area contributed by atoms with Crippen molar-refractivity contribution in [1.29, 1.82) is 0 Å². The van der Waals surface area contributed by atoms with Crippen LogP contribution in [0.25, 0.3) is 10.2 Å². The van der Waals surface area contributed by atoms with Gasteiger partial charge in [0.05, 0.1) is 34.9 Å². The van der Waals surface area contributed by atoms with E-state index in [2.05, 4.69) is 4.90 Å². The Bertz CT molecular complexity index is 1410. The molecule has 5 rings (SSSR count). The number of benzene rings is 2. The minimum Gasteiger partial charge on any atom is -0.494 e. The van der Waals surface area contributed by atoms with E-state index in [0.717, 1.165) is 87.3 Å². The van der Waals surface area contributed by atoms with Crippen molar-refractivity contribution in [3.8, 4) is 5.75 Å². The highest BCUT2D eigenvalue weighted by Crippen LogP contribution is 2.33. The highest BCUT2D eigenvalue weighted by atomic mass is 32.2. The molecule has 2 aromatic carbocycles. The number of hydrogen-bond acceptors (Lipinski definition) is 8. The van der Waals surface area contributed by atoms with Gasteiger partial charge in [-0.25, -0.2) is 13.4 Å².